The summed E-state index contributed by atoms with van der Waals surface area (Å²) < 4.78 is 0. The largest absolute Gasteiger partial charge is 0.345 e. The Balaban J connectivity index is 1.93. The summed E-state index contributed by atoms with van der Waals surface area (Å²) in [5, 5.41) is 11.4. The summed E-state index contributed by atoms with van der Waals surface area (Å²) in [5.41, 5.74) is 1.18. The zero-order valence-corrected chi connectivity index (χ0v) is 9.04. The van der Waals surface area contributed by atoms with Gasteiger partial charge in [-0.05, 0) is 12.0 Å². The third-order valence-corrected chi connectivity index (χ3v) is 2.67. The Morgan fingerprint density at radius 1 is 1.69 bits per heavy atom. The predicted molar refractivity (Wildman–Crippen MR) is 59.8 cm³/mol. The molecule has 0 aliphatic heterocycles. The molecule has 0 aromatic carbocycles. The van der Waals surface area contributed by atoms with Gasteiger partial charge in [-0.15, -0.1) is 17.8 Å². The van der Waals surface area contributed by atoms with Gasteiger partial charge in [0.25, 0.3) is 5.91 Å². The van der Waals surface area contributed by atoms with E-state index in [0.717, 1.165) is 5.69 Å². The second-order valence-electron chi connectivity index (χ2n) is 2.94. The number of carbonyl (C=O) groups excluding carboxylic acids is 1. The molecule has 2 aromatic heterocycles. The van der Waals surface area contributed by atoms with Gasteiger partial charge in [0.2, 0.25) is 0 Å². The molecular weight excluding hydrogens is 224 g/mol. The summed E-state index contributed by atoms with van der Waals surface area (Å²) >= 11 is 1.38. The lowest BCUT2D eigenvalue weighted by Crippen LogP contribution is -2.23. The zero-order chi connectivity index (χ0) is 11.4. The molecule has 2 N–H and O–H groups in total. The van der Waals surface area contributed by atoms with Crippen molar-refractivity contribution < 1.29 is 4.79 Å². The van der Waals surface area contributed by atoms with E-state index < -0.39 is 0 Å². The van der Waals surface area contributed by atoms with Gasteiger partial charge in [0, 0.05) is 11.6 Å². The van der Waals surface area contributed by atoms with E-state index in [4.69, 9.17) is 6.42 Å². The van der Waals surface area contributed by atoms with Gasteiger partial charge in [-0.25, -0.2) is 4.98 Å². The quantitative estimate of drug-likeness (QED) is 0.768. The number of nitrogens with zero attached hydrogens (tertiary/aromatic N) is 2. The van der Waals surface area contributed by atoms with Crippen LogP contribution in [0, 0.1) is 12.3 Å². The minimum absolute atomic E-state index is 0.215. The van der Waals surface area contributed by atoms with E-state index >= 15 is 0 Å². The number of rotatable bonds is 3. The van der Waals surface area contributed by atoms with Gasteiger partial charge < -0.3 is 5.32 Å². The maximum absolute atomic E-state index is 11.5. The van der Waals surface area contributed by atoms with E-state index in [0.29, 0.717) is 17.2 Å². The van der Waals surface area contributed by atoms with Crippen molar-refractivity contribution in [2.24, 2.45) is 0 Å². The van der Waals surface area contributed by atoms with Crippen LogP contribution >= 0.6 is 11.3 Å². The summed E-state index contributed by atoms with van der Waals surface area (Å²) in [6.45, 7) is 0.357. The Hall–Kier alpha value is -2.13. The number of amides is 1. The molecule has 0 fully saturated rings. The van der Waals surface area contributed by atoms with Crippen LogP contribution in [0.15, 0.2) is 17.6 Å². The SMILES string of the molecule is C#Cc1nc(CNC(=O)c2ccn[nH]2)cs1. The topological polar surface area (TPSA) is 70.7 Å². The summed E-state index contributed by atoms with van der Waals surface area (Å²) in [5.74, 6) is 2.23. The van der Waals surface area contributed by atoms with Crippen LogP contribution in [-0.4, -0.2) is 21.1 Å². The normalized spacial score (nSPS) is 9.69. The first-order chi connectivity index (χ1) is 7.79. The Morgan fingerprint density at radius 3 is 3.19 bits per heavy atom. The molecule has 2 aromatic rings. The highest BCUT2D eigenvalue weighted by Gasteiger charge is 2.07. The van der Waals surface area contributed by atoms with Crippen LogP contribution < -0.4 is 5.32 Å². The third kappa shape index (κ3) is 2.27. The molecular formula is C10H8N4OS. The molecule has 0 saturated heterocycles. The molecule has 5 nitrogen and oxygen atoms in total. The fourth-order valence-electron chi connectivity index (χ4n) is 1.10. The number of H-pyrrole nitrogens is 1. The van der Waals surface area contributed by atoms with Gasteiger partial charge in [-0.3, -0.25) is 9.89 Å². The van der Waals surface area contributed by atoms with Crippen molar-refractivity contribution in [3.05, 3.63) is 34.0 Å². The van der Waals surface area contributed by atoms with Crippen LogP contribution in [0.2, 0.25) is 0 Å². The second-order valence-corrected chi connectivity index (χ2v) is 3.80. The number of thiazole rings is 1. The highest BCUT2D eigenvalue weighted by atomic mass is 32.1. The van der Waals surface area contributed by atoms with E-state index in [9.17, 15) is 4.79 Å². The molecule has 0 atom stereocenters. The average molecular weight is 232 g/mol. The molecule has 0 saturated carbocycles. The Morgan fingerprint density at radius 2 is 2.56 bits per heavy atom. The van der Waals surface area contributed by atoms with E-state index in [1.54, 1.807) is 6.07 Å². The molecule has 0 unspecified atom stereocenters. The van der Waals surface area contributed by atoms with Crippen LogP contribution in [-0.2, 0) is 6.54 Å². The van der Waals surface area contributed by atoms with Crippen LogP contribution in [0.1, 0.15) is 21.2 Å². The van der Waals surface area contributed by atoms with Gasteiger partial charge in [0.15, 0.2) is 5.01 Å². The number of aromatic nitrogens is 3. The fraction of sp³-hybridized carbons (Fsp3) is 0.100. The van der Waals surface area contributed by atoms with Crippen molar-refractivity contribution in [2.75, 3.05) is 0 Å². The average Bonchev–Trinajstić information content (AvgIpc) is 2.96. The summed E-state index contributed by atoms with van der Waals surface area (Å²) in [6, 6.07) is 1.60. The van der Waals surface area contributed by atoms with Gasteiger partial charge in [0.05, 0.1) is 12.2 Å². The van der Waals surface area contributed by atoms with Crippen LogP contribution in [0.3, 0.4) is 0 Å². The van der Waals surface area contributed by atoms with Gasteiger partial charge in [-0.2, -0.15) is 5.10 Å². The summed E-state index contributed by atoms with van der Waals surface area (Å²) in [7, 11) is 0. The molecule has 2 heterocycles. The number of carbonyl (C=O) groups is 1. The maximum Gasteiger partial charge on any atom is 0.269 e. The summed E-state index contributed by atoms with van der Waals surface area (Å²) in [6.07, 6.45) is 6.72. The Kier molecular flexibility index (Phi) is 2.98. The van der Waals surface area contributed by atoms with Crippen LogP contribution in [0.5, 0.6) is 0 Å². The number of hydrogen-bond donors (Lipinski definition) is 2. The van der Waals surface area contributed by atoms with E-state index in [-0.39, 0.29) is 5.91 Å². The number of terminal acetylenes is 1. The van der Waals surface area contributed by atoms with Gasteiger partial charge >= 0.3 is 0 Å². The summed E-state index contributed by atoms with van der Waals surface area (Å²) in [4.78, 5) is 15.6. The molecule has 80 valence electrons. The highest BCUT2D eigenvalue weighted by Crippen LogP contribution is 2.07. The van der Waals surface area contributed by atoms with Crippen molar-refractivity contribution >= 4 is 17.2 Å². The molecule has 0 radical (unpaired) electrons. The lowest BCUT2D eigenvalue weighted by atomic mass is 10.4. The molecule has 0 bridgehead atoms. The van der Waals surface area contributed by atoms with Crippen LogP contribution in [0.4, 0.5) is 0 Å². The molecule has 1 amide bonds. The van der Waals surface area contributed by atoms with Crippen molar-refractivity contribution in [3.63, 3.8) is 0 Å². The first-order valence-corrected chi connectivity index (χ1v) is 5.36. The predicted octanol–water partition coefficient (Wildman–Crippen LogP) is 0.777. The van der Waals surface area contributed by atoms with Gasteiger partial charge in [-0.1, -0.05) is 0 Å². The van der Waals surface area contributed by atoms with E-state index in [1.807, 2.05) is 5.38 Å². The molecule has 0 aliphatic rings. The van der Waals surface area contributed by atoms with E-state index in [1.165, 1.54) is 17.5 Å². The standard InChI is InChI=1S/C10H8N4OS/c1-2-9-13-7(6-16-9)5-11-10(15)8-3-4-12-14-8/h1,3-4,6H,5H2,(H,11,15)(H,12,14). The lowest BCUT2D eigenvalue weighted by Gasteiger charge is -1.99. The van der Waals surface area contributed by atoms with Gasteiger partial charge in [0.1, 0.15) is 5.69 Å². The lowest BCUT2D eigenvalue weighted by molar-refractivity contribution is 0.0945. The van der Waals surface area contributed by atoms with Crippen molar-refractivity contribution in [1.29, 1.82) is 0 Å². The zero-order valence-electron chi connectivity index (χ0n) is 8.23. The fourth-order valence-corrected chi connectivity index (χ4v) is 1.72. The molecule has 0 aliphatic carbocycles. The van der Waals surface area contributed by atoms with E-state index in [2.05, 4.69) is 26.4 Å². The smallest absolute Gasteiger partial charge is 0.269 e. The number of nitrogens with one attached hydrogen (secondary N) is 2. The number of aromatic amines is 1. The van der Waals surface area contributed by atoms with Crippen molar-refractivity contribution in [3.8, 4) is 12.3 Å². The maximum atomic E-state index is 11.5. The highest BCUT2D eigenvalue weighted by molar-refractivity contribution is 7.10. The molecule has 6 heteroatoms. The molecule has 0 spiro atoms. The first kappa shape index (κ1) is 10.4. The monoisotopic (exact) mass is 232 g/mol. The second kappa shape index (κ2) is 4.59. The molecule has 16 heavy (non-hydrogen) atoms. The van der Waals surface area contributed by atoms with Crippen molar-refractivity contribution in [1.82, 2.24) is 20.5 Å². The minimum atomic E-state index is -0.215. The first-order valence-electron chi connectivity index (χ1n) is 4.48. The van der Waals surface area contributed by atoms with Crippen LogP contribution in [0.25, 0.3) is 0 Å². The number of hydrogen-bond acceptors (Lipinski definition) is 4. The third-order valence-electron chi connectivity index (χ3n) is 1.85. The Labute approximate surface area is 95.9 Å². The Bertz CT molecular complexity index is 523. The minimum Gasteiger partial charge on any atom is -0.345 e. The van der Waals surface area contributed by atoms with Crippen molar-refractivity contribution in [2.45, 2.75) is 6.54 Å². The molecule has 2 rings (SSSR count).